The predicted octanol–water partition coefficient (Wildman–Crippen LogP) is 6.68. The van der Waals surface area contributed by atoms with Gasteiger partial charge >= 0.3 is 30.0 Å². The molecule has 0 aromatic heterocycles. The standard InChI is InChI=1S/C36H30O11/c1-3-32(37)42-22-4-5-23-43-36(41)47-31-16-12-27(13-17-31)34(39)44-28-14-10-26(11-15-28)35(40)46-30-20-18-29(19-21-30)45-33(38)25-8-6-24(2)7-9-25/h3,6-21H,1,4-5,22-23H2,2H3. The second-order valence-electron chi connectivity index (χ2n) is 9.83. The molecular weight excluding hydrogens is 608 g/mol. The van der Waals surface area contributed by atoms with Gasteiger partial charge in [0, 0.05) is 6.08 Å². The average molecular weight is 639 g/mol. The molecule has 240 valence electrons. The molecule has 0 atom stereocenters. The molecule has 0 saturated heterocycles. The first-order valence-electron chi connectivity index (χ1n) is 14.4. The van der Waals surface area contributed by atoms with Crippen molar-refractivity contribution in [3.05, 3.63) is 132 Å². The highest BCUT2D eigenvalue weighted by atomic mass is 16.7. The molecule has 0 saturated carbocycles. The molecule has 4 rings (SSSR count). The highest BCUT2D eigenvalue weighted by molar-refractivity contribution is 5.93. The van der Waals surface area contributed by atoms with E-state index in [1.807, 2.05) is 19.1 Å². The summed E-state index contributed by atoms with van der Waals surface area (Å²) in [6.45, 7) is 5.48. The van der Waals surface area contributed by atoms with E-state index in [0.717, 1.165) is 11.6 Å². The van der Waals surface area contributed by atoms with E-state index in [9.17, 15) is 24.0 Å². The number of unbranched alkanes of at least 4 members (excludes halogenated alkanes) is 1. The Morgan fingerprint density at radius 3 is 1.26 bits per heavy atom. The summed E-state index contributed by atoms with van der Waals surface area (Å²) in [6.07, 6.45) is 1.12. The van der Waals surface area contributed by atoms with Gasteiger partial charge in [-0.1, -0.05) is 24.3 Å². The van der Waals surface area contributed by atoms with Gasteiger partial charge in [0.15, 0.2) is 0 Å². The van der Waals surface area contributed by atoms with Crippen LogP contribution in [-0.4, -0.2) is 43.2 Å². The molecule has 0 aliphatic carbocycles. The zero-order valence-electron chi connectivity index (χ0n) is 25.3. The Labute approximate surface area is 270 Å². The Kier molecular flexibility index (Phi) is 12.0. The molecule has 0 spiro atoms. The Hall–Kier alpha value is -6.23. The summed E-state index contributed by atoms with van der Waals surface area (Å²) < 4.78 is 31.0. The molecule has 0 heterocycles. The molecule has 0 amide bonds. The SMILES string of the molecule is C=CC(=O)OCCCCOC(=O)Oc1ccc(C(=O)Oc2ccc(C(=O)Oc3ccc(OC(=O)c4ccc(C)cc4)cc3)cc2)cc1. The number of hydrogen-bond acceptors (Lipinski definition) is 11. The number of carbonyl (C=O) groups excluding carboxylic acids is 5. The monoisotopic (exact) mass is 638 g/mol. The van der Waals surface area contributed by atoms with Crippen LogP contribution in [-0.2, 0) is 14.3 Å². The van der Waals surface area contributed by atoms with Gasteiger partial charge in [-0.15, -0.1) is 0 Å². The Bertz CT molecular complexity index is 1710. The van der Waals surface area contributed by atoms with Gasteiger partial charge in [0.05, 0.1) is 29.9 Å². The number of hydrogen-bond donors (Lipinski definition) is 0. The number of aryl methyl sites for hydroxylation is 1. The largest absolute Gasteiger partial charge is 0.513 e. The first-order chi connectivity index (χ1) is 22.7. The van der Waals surface area contributed by atoms with Crippen LogP contribution in [0.5, 0.6) is 23.0 Å². The third kappa shape index (κ3) is 10.7. The van der Waals surface area contributed by atoms with E-state index in [2.05, 4.69) is 6.58 Å². The summed E-state index contributed by atoms with van der Waals surface area (Å²) in [5.41, 5.74) is 1.84. The van der Waals surface area contributed by atoms with Crippen molar-refractivity contribution in [1.29, 1.82) is 0 Å². The van der Waals surface area contributed by atoms with Crippen LogP contribution in [0.25, 0.3) is 0 Å². The van der Waals surface area contributed by atoms with Gasteiger partial charge in [0.2, 0.25) is 0 Å². The summed E-state index contributed by atoms with van der Waals surface area (Å²) in [4.78, 5) is 60.3. The number of ether oxygens (including phenoxy) is 6. The van der Waals surface area contributed by atoms with Crippen LogP contribution in [0.15, 0.2) is 110 Å². The maximum atomic E-state index is 12.6. The highest BCUT2D eigenvalue weighted by Crippen LogP contribution is 2.22. The highest BCUT2D eigenvalue weighted by Gasteiger charge is 2.14. The van der Waals surface area contributed by atoms with Crippen molar-refractivity contribution in [2.75, 3.05) is 13.2 Å². The van der Waals surface area contributed by atoms with E-state index in [1.165, 1.54) is 72.8 Å². The molecule has 0 aliphatic heterocycles. The van der Waals surface area contributed by atoms with Crippen LogP contribution in [0.3, 0.4) is 0 Å². The lowest BCUT2D eigenvalue weighted by Crippen LogP contribution is -2.13. The molecule has 47 heavy (non-hydrogen) atoms. The summed E-state index contributed by atoms with van der Waals surface area (Å²) >= 11 is 0. The van der Waals surface area contributed by atoms with E-state index in [-0.39, 0.29) is 41.6 Å². The molecule has 0 N–H and O–H groups in total. The second kappa shape index (κ2) is 16.7. The smallest absolute Gasteiger partial charge is 0.463 e. The molecular formula is C36H30O11. The molecule has 0 bridgehead atoms. The molecule has 4 aromatic carbocycles. The quantitative estimate of drug-likeness (QED) is 0.0509. The summed E-state index contributed by atoms with van der Waals surface area (Å²) in [6, 6.07) is 24.4. The lowest BCUT2D eigenvalue weighted by atomic mass is 10.1. The van der Waals surface area contributed by atoms with Crippen molar-refractivity contribution >= 4 is 30.0 Å². The van der Waals surface area contributed by atoms with Crippen molar-refractivity contribution in [2.45, 2.75) is 19.8 Å². The third-order valence-electron chi connectivity index (χ3n) is 6.29. The van der Waals surface area contributed by atoms with Gasteiger partial charge in [-0.25, -0.2) is 24.0 Å². The predicted molar refractivity (Wildman–Crippen MR) is 168 cm³/mol. The van der Waals surface area contributed by atoms with Crippen LogP contribution < -0.4 is 18.9 Å². The number of rotatable bonds is 13. The molecule has 11 nitrogen and oxygen atoms in total. The fraction of sp³-hybridized carbons (Fsp3) is 0.139. The average Bonchev–Trinajstić information content (AvgIpc) is 3.08. The molecule has 0 radical (unpaired) electrons. The molecule has 0 fully saturated rings. The van der Waals surface area contributed by atoms with E-state index >= 15 is 0 Å². The molecule has 0 unspecified atom stereocenters. The Morgan fingerprint density at radius 1 is 0.511 bits per heavy atom. The zero-order chi connectivity index (χ0) is 33.6. The minimum Gasteiger partial charge on any atom is -0.463 e. The number of carbonyl (C=O) groups is 5. The lowest BCUT2D eigenvalue weighted by molar-refractivity contribution is -0.137. The summed E-state index contributed by atoms with van der Waals surface area (Å²) in [7, 11) is 0. The third-order valence-corrected chi connectivity index (χ3v) is 6.29. The topological polar surface area (TPSA) is 141 Å². The summed E-state index contributed by atoms with van der Waals surface area (Å²) in [5, 5.41) is 0. The Morgan fingerprint density at radius 2 is 0.851 bits per heavy atom. The Balaban J connectivity index is 1.20. The van der Waals surface area contributed by atoms with Gasteiger partial charge in [0.1, 0.15) is 23.0 Å². The van der Waals surface area contributed by atoms with E-state index < -0.39 is 30.0 Å². The zero-order valence-corrected chi connectivity index (χ0v) is 25.3. The van der Waals surface area contributed by atoms with Crippen LogP contribution in [0.2, 0.25) is 0 Å². The maximum absolute atomic E-state index is 12.6. The first kappa shape index (κ1) is 33.7. The van der Waals surface area contributed by atoms with Gasteiger partial charge in [-0.3, -0.25) is 0 Å². The summed E-state index contributed by atoms with van der Waals surface area (Å²) in [5.74, 6) is -1.46. The normalized spacial score (nSPS) is 10.2. The first-order valence-corrected chi connectivity index (χ1v) is 14.4. The van der Waals surface area contributed by atoms with Crippen molar-refractivity contribution in [3.8, 4) is 23.0 Å². The minimum atomic E-state index is -0.918. The van der Waals surface area contributed by atoms with E-state index in [1.54, 1.807) is 12.1 Å². The van der Waals surface area contributed by atoms with Crippen molar-refractivity contribution < 1.29 is 52.4 Å². The number of esters is 4. The van der Waals surface area contributed by atoms with E-state index in [4.69, 9.17) is 28.4 Å². The molecule has 0 aliphatic rings. The van der Waals surface area contributed by atoms with Crippen molar-refractivity contribution in [1.82, 2.24) is 0 Å². The van der Waals surface area contributed by atoms with Gasteiger partial charge in [0.25, 0.3) is 0 Å². The lowest BCUT2D eigenvalue weighted by Gasteiger charge is -2.08. The van der Waals surface area contributed by atoms with E-state index in [0.29, 0.717) is 24.2 Å². The molecule has 11 heteroatoms. The van der Waals surface area contributed by atoms with Crippen molar-refractivity contribution in [3.63, 3.8) is 0 Å². The van der Waals surface area contributed by atoms with Gasteiger partial charge in [-0.2, -0.15) is 0 Å². The fourth-order valence-corrected chi connectivity index (χ4v) is 3.80. The fourth-order valence-electron chi connectivity index (χ4n) is 3.80. The minimum absolute atomic E-state index is 0.0759. The van der Waals surface area contributed by atoms with Gasteiger partial charge in [-0.05, 0) is 105 Å². The van der Waals surface area contributed by atoms with Crippen LogP contribution in [0.1, 0.15) is 49.5 Å². The molecule has 4 aromatic rings. The van der Waals surface area contributed by atoms with Crippen LogP contribution in [0.4, 0.5) is 4.79 Å². The van der Waals surface area contributed by atoms with Gasteiger partial charge < -0.3 is 28.4 Å². The van der Waals surface area contributed by atoms with Crippen LogP contribution >= 0.6 is 0 Å². The number of benzene rings is 4. The second-order valence-corrected chi connectivity index (χ2v) is 9.83. The van der Waals surface area contributed by atoms with Crippen LogP contribution in [0, 0.1) is 6.92 Å². The van der Waals surface area contributed by atoms with Crippen molar-refractivity contribution in [2.24, 2.45) is 0 Å². The maximum Gasteiger partial charge on any atom is 0.513 e.